The van der Waals surface area contributed by atoms with Gasteiger partial charge >= 0.3 is 20.1 Å². The zero-order valence-corrected chi connectivity index (χ0v) is 42.5. The molecule has 0 aliphatic heterocycles. The summed E-state index contributed by atoms with van der Waals surface area (Å²) in [7, 11) is 0. The molecule has 0 unspecified atom stereocenters. The first-order chi connectivity index (χ1) is 35.6. The van der Waals surface area contributed by atoms with Gasteiger partial charge in [-0.05, 0) is 115 Å². The van der Waals surface area contributed by atoms with Crippen molar-refractivity contribution in [2.24, 2.45) is 0 Å². The molecule has 12 rings (SSSR count). The van der Waals surface area contributed by atoms with E-state index in [0.29, 0.717) is 0 Å². The maximum Gasteiger partial charge on any atom is 3.00 e. The minimum atomic E-state index is 0. The molecule has 0 radical (unpaired) electrons. The van der Waals surface area contributed by atoms with Gasteiger partial charge in [0, 0.05) is 29.8 Å². The molecule has 0 spiro atoms. The molecule has 3 nitrogen and oxygen atoms in total. The second-order valence-corrected chi connectivity index (χ2v) is 18.4. The molecule has 9 aromatic carbocycles. The van der Waals surface area contributed by atoms with E-state index in [-0.39, 0.29) is 20.1 Å². The summed E-state index contributed by atoms with van der Waals surface area (Å²) in [4.78, 5) is 14.9. The van der Waals surface area contributed by atoms with Crippen LogP contribution in [0.5, 0.6) is 0 Å². The molecule has 0 saturated heterocycles. The van der Waals surface area contributed by atoms with Crippen molar-refractivity contribution in [3.8, 4) is 78.3 Å². The van der Waals surface area contributed by atoms with E-state index in [1.54, 1.807) is 0 Å². The monoisotopic (exact) mass is 1110 g/mol. The Labute approximate surface area is 441 Å². The van der Waals surface area contributed by atoms with Gasteiger partial charge in [0.1, 0.15) is 0 Å². The van der Waals surface area contributed by atoms with E-state index in [1.165, 1.54) is 49.4 Å². The average Bonchev–Trinajstić information content (AvgIpc) is 3.46. The van der Waals surface area contributed by atoms with Gasteiger partial charge in [0.2, 0.25) is 0 Å². The summed E-state index contributed by atoms with van der Waals surface area (Å²) in [5.41, 5.74) is 19.6. The maximum atomic E-state index is 5.25. The van der Waals surface area contributed by atoms with Crippen LogP contribution >= 0.6 is 0 Å². The van der Waals surface area contributed by atoms with Gasteiger partial charge in [-0.25, -0.2) is 0 Å². The second kappa shape index (κ2) is 21.5. The van der Waals surface area contributed by atoms with Crippen LogP contribution in [-0.2, 0) is 45.8 Å². The summed E-state index contributed by atoms with van der Waals surface area (Å²) in [6.07, 6.45) is 9.59. The Kier molecular flexibility index (Phi) is 13.8. The van der Waals surface area contributed by atoms with Crippen LogP contribution in [-0.4, -0.2) is 15.0 Å². The maximum absolute atomic E-state index is 5.25. The molecule has 4 heteroatoms. The van der Waals surface area contributed by atoms with Gasteiger partial charge in [-0.1, -0.05) is 163 Å². The zero-order chi connectivity index (χ0) is 48.1. The first-order valence-corrected chi connectivity index (χ1v) is 24.7. The summed E-state index contributed by atoms with van der Waals surface area (Å²) in [6, 6.07) is 90.1. The van der Waals surface area contributed by atoms with Gasteiger partial charge in [-0.2, -0.15) is 0 Å². The van der Waals surface area contributed by atoms with Crippen molar-refractivity contribution in [1.29, 1.82) is 0 Å². The Hall–Kier alpha value is -8.40. The largest absolute Gasteiger partial charge is 3.00 e. The molecule has 0 aliphatic rings. The van der Waals surface area contributed by atoms with Gasteiger partial charge in [-0.3, -0.25) is 4.98 Å². The molecule has 0 fully saturated rings. The summed E-state index contributed by atoms with van der Waals surface area (Å²) in [6.45, 7) is 0. The molecular weight excluding hydrogens is 1060 g/mol. The van der Waals surface area contributed by atoms with Crippen molar-refractivity contribution >= 4 is 21.5 Å². The fourth-order valence-electron chi connectivity index (χ4n) is 9.96. The van der Waals surface area contributed by atoms with E-state index < -0.39 is 0 Å². The fraction of sp³-hybridized carbons (Fsp3) is 0.0580. The summed E-state index contributed by atoms with van der Waals surface area (Å²) < 4.78 is 0. The van der Waals surface area contributed by atoms with Crippen LogP contribution in [0.2, 0.25) is 0 Å². The first kappa shape index (κ1) is 47.0. The van der Waals surface area contributed by atoms with E-state index in [4.69, 9.17) is 15.0 Å². The predicted octanol–water partition coefficient (Wildman–Crippen LogP) is 16.8. The van der Waals surface area contributed by atoms with Crippen LogP contribution in [0.25, 0.3) is 99.8 Å². The van der Waals surface area contributed by atoms with Crippen LogP contribution in [0.4, 0.5) is 0 Å². The van der Waals surface area contributed by atoms with Crippen molar-refractivity contribution in [3.63, 3.8) is 0 Å². The average molecular weight is 1110 g/mol. The van der Waals surface area contributed by atoms with Crippen molar-refractivity contribution in [2.45, 2.75) is 25.7 Å². The number of rotatable bonds is 13. The number of hydrogen-bond donors (Lipinski definition) is 0. The van der Waals surface area contributed by atoms with E-state index >= 15 is 0 Å². The number of aryl methyl sites for hydroxylation is 4. The molecule has 73 heavy (non-hydrogen) atoms. The van der Waals surface area contributed by atoms with E-state index in [1.807, 2.05) is 54.9 Å². The van der Waals surface area contributed by atoms with Crippen LogP contribution in [0, 0.1) is 18.2 Å². The smallest absolute Gasteiger partial charge is 0.304 e. The Morgan fingerprint density at radius 3 is 1.55 bits per heavy atom. The Balaban J connectivity index is 0.00000574. The second-order valence-electron chi connectivity index (χ2n) is 18.4. The van der Waals surface area contributed by atoms with Crippen LogP contribution in [0.3, 0.4) is 0 Å². The van der Waals surface area contributed by atoms with Gasteiger partial charge in [0.25, 0.3) is 0 Å². The normalized spacial score (nSPS) is 11.1. The standard InChI is InChI=1S/C69H48N3.Ir/c1-4-15-52(16-5-1)56-22-14-23-59(42-56)69-44-65(58-35-36-63-57(43-58)34-33-53-17-10-11-24-61(53)63)66(47-72-69)64-26-13-12-25-62(64)60-40-50(29-27-48-31-37-67(70-45-48)54-18-6-2-7-19-54)39-51(41-60)30-28-49-32-38-68(71-46-49)55-20-8-3-9-21-55;/h1-18,20,22-26,31-41,43-47H,27-30H2;/q-3;+3. The number of benzene rings is 9. The molecule has 0 N–H and O–H groups in total. The minimum absolute atomic E-state index is 0. The van der Waals surface area contributed by atoms with E-state index in [2.05, 4.69) is 206 Å². The number of fused-ring (bicyclic) bond motifs is 3. The zero-order valence-electron chi connectivity index (χ0n) is 40.1. The van der Waals surface area contributed by atoms with Gasteiger partial charge in [0.15, 0.2) is 0 Å². The Morgan fingerprint density at radius 1 is 0.301 bits per heavy atom. The van der Waals surface area contributed by atoms with Crippen molar-refractivity contribution < 1.29 is 20.1 Å². The molecular formula is C69H48IrN3. The van der Waals surface area contributed by atoms with Gasteiger partial charge < -0.3 is 9.97 Å². The Morgan fingerprint density at radius 2 is 0.877 bits per heavy atom. The van der Waals surface area contributed by atoms with Crippen molar-refractivity contribution in [3.05, 3.63) is 283 Å². The molecule has 0 saturated carbocycles. The molecule has 3 aromatic heterocycles. The first-order valence-electron chi connectivity index (χ1n) is 24.7. The third-order valence-electron chi connectivity index (χ3n) is 13.7. The summed E-state index contributed by atoms with van der Waals surface area (Å²) >= 11 is 0. The number of pyridine rings is 3. The van der Waals surface area contributed by atoms with Gasteiger partial charge in [0.05, 0.1) is 0 Å². The van der Waals surface area contributed by atoms with E-state index in [9.17, 15) is 0 Å². The summed E-state index contributed by atoms with van der Waals surface area (Å²) in [5.74, 6) is 0. The molecule has 12 aromatic rings. The fourth-order valence-corrected chi connectivity index (χ4v) is 9.96. The number of aromatic nitrogens is 3. The number of nitrogens with zero attached hydrogens (tertiary/aromatic N) is 3. The Bertz CT molecular complexity index is 3730. The summed E-state index contributed by atoms with van der Waals surface area (Å²) in [5, 5.41) is 4.93. The molecule has 0 amide bonds. The predicted molar refractivity (Wildman–Crippen MR) is 297 cm³/mol. The molecule has 0 atom stereocenters. The number of hydrogen-bond acceptors (Lipinski definition) is 3. The third-order valence-corrected chi connectivity index (χ3v) is 13.7. The molecule has 348 valence electrons. The van der Waals surface area contributed by atoms with E-state index in [0.717, 1.165) is 98.4 Å². The molecule has 3 heterocycles. The SMILES string of the molecule is [Ir+3].[c-]1ccccc1-c1ccc(CCc2cc(CCc3ccc(-c4[c-]cccc4)nc3)cc(-c3ccccc3-c3cnc(-c4[c-]c(-c5ccccc5)ccc4)cc3-c3ccc4c(ccc5ccccc54)c3)c2)cn1. The topological polar surface area (TPSA) is 38.7 Å². The van der Waals surface area contributed by atoms with Crippen molar-refractivity contribution in [2.75, 3.05) is 0 Å². The molecule has 0 bridgehead atoms. The minimum Gasteiger partial charge on any atom is -0.304 e. The molecule has 0 aliphatic carbocycles. The third kappa shape index (κ3) is 10.4. The van der Waals surface area contributed by atoms with Crippen LogP contribution in [0.15, 0.2) is 243 Å². The van der Waals surface area contributed by atoms with Crippen molar-refractivity contribution in [1.82, 2.24) is 15.0 Å². The quantitative estimate of drug-likeness (QED) is 0.0853. The van der Waals surface area contributed by atoms with Crippen LogP contribution < -0.4 is 0 Å². The van der Waals surface area contributed by atoms with Gasteiger partial charge in [-0.15, -0.1) is 102 Å². The van der Waals surface area contributed by atoms with Crippen LogP contribution in [0.1, 0.15) is 22.3 Å².